The predicted molar refractivity (Wildman–Crippen MR) is 178 cm³/mol. The molecule has 252 valence electrons. The van der Waals surface area contributed by atoms with Gasteiger partial charge in [-0.2, -0.15) is 0 Å². The Morgan fingerprint density at radius 3 is 2.38 bits per heavy atom. The molecule has 3 heterocycles. The van der Waals surface area contributed by atoms with Crippen LogP contribution >= 0.6 is 0 Å². The average molecular weight is 650 g/mol. The van der Waals surface area contributed by atoms with E-state index in [0.717, 1.165) is 48.9 Å². The zero-order valence-electron chi connectivity index (χ0n) is 27.7. The number of aliphatic carboxylic acids is 1. The van der Waals surface area contributed by atoms with Gasteiger partial charge in [0.25, 0.3) is 0 Å². The molecule has 0 amide bonds. The summed E-state index contributed by atoms with van der Waals surface area (Å²) < 4.78 is 54.1. The van der Waals surface area contributed by atoms with Crippen molar-refractivity contribution < 1.29 is 27.8 Å². The normalized spacial score (nSPS) is 23.9. The molecule has 6 nitrogen and oxygen atoms in total. The monoisotopic (exact) mass is 649 g/mol. The highest BCUT2D eigenvalue weighted by Gasteiger charge is 2.42. The maximum absolute atomic E-state index is 16.4. The van der Waals surface area contributed by atoms with Crippen molar-refractivity contribution in [1.29, 1.82) is 0 Å². The highest BCUT2D eigenvalue weighted by atomic mass is 19.1. The Balaban J connectivity index is 1.30. The van der Waals surface area contributed by atoms with Crippen LogP contribution in [0.1, 0.15) is 74.8 Å². The first kappa shape index (κ1) is 33.3. The lowest BCUT2D eigenvalue weighted by molar-refractivity contribution is -0.139. The van der Waals surface area contributed by atoms with Crippen molar-refractivity contribution in [3.05, 3.63) is 94.6 Å². The van der Waals surface area contributed by atoms with Gasteiger partial charge in [0.1, 0.15) is 29.7 Å². The largest absolute Gasteiger partial charge is 0.489 e. The molecular formula is C38H46F3N3O3. The van der Waals surface area contributed by atoms with Crippen molar-refractivity contribution in [2.75, 3.05) is 44.2 Å². The number of hydrogen-bond acceptors (Lipinski definition) is 5. The van der Waals surface area contributed by atoms with Gasteiger partial charge in [0.15, 0.2) is 0 Å². The van der Waals surface area contributed by atoms with E-state index in [1.807, 2.05) is 65.3 Å². The third-order valence-electron chi connectivity index (χ3n) is 10.1. The van der Waals surface area contributed by atoms with Gasteiger partial charge in [-0.1, -0.05) is 36.4 Å². The summed E-state index contributed by atoms with van der Waals surface area (Å²) in [5.74, 6) is -1.45. The van der Waals surface area contributed by atoms with Crippen molar-refractivity contribution in [1.82, 2.24) is 9.80 Å². The summed E-state index contributed by atoms with van der Waals surface area (Å²) >= 11 is 0. The summed E-state index contributed by atoms with van der Waals surface area (Å²) in [5, 5.41) is 9.35. The van der Waals surface area contributed by atoms with Crippen LogP contribution in [0.25, 0.3) is 0 Å². The Kier molecular flexibility index (Phi) is 9.59. The summed E-state index contributed by atoms with van der Waals surface area (Å²) in [5.41, 5.74) is 1.46. The van der Waals surface area contributed by atoms with E-state index in [2.05, 4.69) is 4.90 Å². The maximum atomic E-state index is 16.4. The Morgan fingerprint density at radius 2 is 1.70 bits per heavy atom. The van der Waals surface area contributed by atoms with Crippen LogP contribution in [0.3, 0.4) is 0 Å². The molecule has 0 radical (unpaired) electrons. The molecule has 3 atom stereocenters. The molecule has 6 rings (SSSR count). The first-order valence-electron chi connectivity index (χ1n) is 16.8. The van der Waals surface area contributed by atoms with E-state index in [1.165, 1.54) is 26.0 Å². The molecule has 47 heavy (non-hydrogen) atoms. The van der Waals surface area contributed by atoms with Crippen molar-refractivity contribution in [3.8, 4) is 5.75 Å². The highest BCUT2D eigenvalue weighted by molar-refractivity contribution is 5.69. The second kappa shape index (κ2) is 13.5. The molecule has 3 aromatic rings. The van der Waals surface area contributed by atoms with Gasteiger partial charge in [-0.15, -0.1) is 0 Å². The fourth-order valence-electron chi connectivity index (χ4n) is 8.14. The summed E-state index contributed by atoms with van der Waals surface area (Å²) in [6, 6.07) is 17.4. The van der Waals surface area contributed by atoms with Crippen LogP contribution < -0.4 is 9.64 Å². The fraction of sp³-hybridized carbons (Fsp3) is 0.500. The van der Waals surface area contributed by atoms with Gasteiger partial charge in [-0.05, 0) is 100 Å². The van der Waals surface area contributed by atoms with Gasteiger partial charge in [0.2, 0.25) is 0 Å². The number of anilines is 1. The smallest absolute Gasteiger partial charge is 0.317 e. The zero-order valence-corrected chi connectivity index (χ0v) is 27.7. The summed E-state index contributed by atoms with van der Waals surface area (Å²) in [7, 11) is 0. The van der Waals surface area contributed by atoms with Crippen LogP contribution in [0.4, 0.5) is 18.9 Å². The molecule has 3 aromatic carbocycles. The number of rotatable bonds is 9. The molecule has 0 aliphatic carbocycles. The van der Waals surface area contributed by atoms with Crippen LogP contribution in [-0.2, 0) is 17.8 Å². The second-order valence-corrected chi connectivity index (χ2v) is 14.5. The molecule has 2 saturated heterocycles. The molecule has 9 heteroatoms. The van der Waals surface area contributed by atoms with E-state index in [1.54, 1.807) is 0 Å². The number of ether oxygens (including phenoxy) is 1. The number of hydrogen-bond donors (Lipinski definition) is 1. The number of nitrogens with zero attached hydrogens (tertiary/aromatic N) is 3. The lowest BCUT2D eigenvalue weighted by Gasteiger charge is -2.49. The van der Waals surface area contributed by atoms with Gasteiger partial charge in [-0.25, -0.2) is 13.2 Å². The summed E-state index contributed by atoms with van der Waals surface area (Å²) in [4.78, 5) is 17.3. The third kappa shape index (κ3) is 7.62. The van der Waals surface area contributed by atoms with Crippen molar-refractivity contribution in [2.45, 2.75) is 77.2 Å². The zero-order chi connectivity index (χ0) is 33.3. The number of carboxylic acids is 1. The lowest BCUT2D eigenvalue weighted by atomic mass is 9.73. The summed E-state index contributed by atoms with van der Waals surface area (Å²) in [6.45, 7) is 8.13. The minimum Gasteiger partial charge on any atom is -0.489 e. The Bertz CT molecular complexity index is 1550. The number of halogens is 3. The minimum atomic E-state index is -1.58. The molecule has 1 N–H and O–H groups in total. The highest BCUT2D eigenvalue weighted by Crippen LogP contribution is 2.44. The quantitative estimate of drug-likeness (QED) is 0.261. The average Bonchev–Trinajstić information content (AvgIpc) is 3.00. The predicted octanol–water partition coefficient (Wildman–Crippen LogP) is 7.39. The number of carbonyl (C=O) groups is 1. The molecular weight excluding hydrogens is 603 g/mol. The molecule has 0 bridgehead atoms. The van der Waals surface area contributed by atoms with Crippen LogP contribution in [-0.4, -0.2) is 71.9 Å². The first-order valence-corrected chi connectivity index (χ1v) is 16.8. The van der Waals surface area contributed by atoms with Gasteiger partial charge in [0.05, 0.1) is 12.6 Å². The van der Waals surface area contributed by atoms with Gasteiger partial charge in [0, 0.05) is 48.9 Å². The number of fused-ring (bicyclic) bond motifs is 1. The van der Waals surface area contributed by atoms with Gasteiger partial charge < -0.3 is 14.7 Å². The SMILES string of the molecule is C[C@@H]1Cc2cc(OCc3ccccc3)ccc2C(c2c(F)cc(N3CCCC4(CCCN(CC(=O)O)C4)C3)cc2F)N1CC(C)(C)F. The van der Waals surface area contributed by atoms with Crippen LogP contribution in [0.2, 0.25) is 0 Å². The second-order valence-electron chi connectivity index (χ2n) is 14.5. The van der Waals surface area contributed by atoms with Gasteiger partial charge >= 0.3 is 5.97 Å². The lowest BCUT2D eigenvalue weighted by Crippen LogP contribution is -2.53. The number of alkyl halides is 1. The van der Waals surface area contributed by atoms with E-state index in [9.17, 15) is 9.90 Å². The van der Waals surface area contributed by atoms with Crippen molar-refractivity contribution in [3.63, 3.8) is 0 Å². The molecule has 0 saturated carbocycles. The first-order chi connectivity index (χ1) is 22.4. The van der Waals surface area contributed by atoms with Gasteiger partial charge in [-0.3, -0.25) is 14.6 Å². The van der Waals surface area contributed by atoms with E-state index in [-0.39, 0.29) is 30.1 Å². The molecule has 1 spiro atoms. The molecule has 2 fully saturated rings. The van der Waals surface area contributed by atoms with Crippen LogP contribution in [0.15, 0.2) is 60.7 Å². The Morgan fingerprint density at radius 1 is 1.00 bits per heavy atom. The van der Waals surface area contributed by atoms with Crippen molar-refractivity contribution in [2.24, 2.45) is 5.41 Å². The maximum Gasteiger partial charge on any atom is 0.317 e. The standard InChI is InChI=1S/C38H46F3N3O3/c1-26-17-28-18-30(47-22-27-9-5-4-6-10-27)11-12-31(28)36(44(26)23-37(2,3)41)35-32(39)19-29(20-33(35)40)43-16-8-14-38(25-43)13-7-15-42(24-38)21-34(45)46/h4-6,9-12,18-20,26,36H,7-8,13-17,21-25H2,1-3H3,(H,45,46)/t26-,36?,38?/m1/s1. The van der Waals surface area contributed by atoms with E-state index in [4.69, 9.17) is 4.74 Å². The number of piperidine rings is 2. The van der Waals surface area contributed by atoms with Crippen molar-refractivity contribution >= 4 is 11.7 Å². The topological polar surface area (TPSA) is 56.3 Å². The third-order valence-corrected chi connectivity index (χ3v) is 10.1. The number of benzene rings is 3. The molecule has 3 aliphatic rings. The van der Waals surface area contributed by atoms with Crippen LogP contribution in [0.5, 0.6) is 5.75 Å². The van der Waals surface area contributed by atoms with Crippen LogP contribution in [0, 0.1) is 17.0 Å². The summed E-state index contributed by atoms with van der Waals surface area (Å²) in [6.07, 6.45) is 4.30. The van der Waals surface area contributed by atoms with E-state index >= 15 is 13.2 Å². The Hall–Kier alpha value is -3.56. The molecule has 2 unspecified atom stereocenters. The fourth-order valence-corrected chi connectivity index (χ4v) is 8.14. The molecule has 3 aliphatic heterocycles. The molecule has 0 aromatic heterocycles. The van der Waals surface area contributed by atoms with E-state index < -0.39 is 29.3 Å². The number of likely N-dealkylation sites (tertiary alicyclic amines) is 1. The number of carboxylic acid groups (broad SMARTS) is 1. The Labute approximate surface area is 276 Å². The van der Waals surface area contributed by atoms with E-state index in [0.29, 0.717) is 44.1 Å². The minimum absolute atomic E-state index is 0.00776.